The van der Waals surface area contributed by atoms with Crippen molar-refractivity contribution in [2.24, 2.45) is 0 Å². The Bertz CT molecular complexity index is 563. The van der Waals surface area contributed by atoms with Gasteiger partial charge in [0.25, 0.3) is 5.91 Å². The highest BCUT2D eigenvalue weighted by atomic mass is 32.2. The van der Waals surface area contributed by atoms with Gasteiger partial charge in [0.15, 0.2) is 0 Å². The van der Waals surface area contributed by atoms with Crippen LogP contribution in [0.1, 0.15) is 44.5 Å². The molecule has 0 aliphatic carbocycles. The van der Waals surface area contributed by atoms with Crippen LogP contribution in [0.3, 0.4) is 0 Å². The van der Waals surface area contributed by atoms with E-state index >= 15 is 0 Å². The normalized spacial score (nSPS) is 13.2. The Hall–Kier alpha value is -1.40. The van der Waals surface area contributed by atoms with Crippen LogP contribution in [0.4, 0.5) is 0 Å². The van der Waals surface area contributed by atoms with Crippen LogP contribution in [0.2, 0.25) is 0 Å². The summed E-state index contributed by atoms with van der Waals surface area (Å²) in [4.78, 5) is 12.2. The first-order valence-corrected chi connectivity index (χ1v) is 8.71. The van der Waals surface area contributed by atoms with E-state index in [1.807, 2.05) is 13.8 Å². The van der Waals surface area contributed by atoms with Crippen molar-refractivity contribution in [2.45, 2.75) is 45.1 Å². The summed E-state index contributed by atoms with van der Waals surface area (Å²) in [5.41, 5.74) is 0.466. The Morgan fingerprint density at radius 3 is 2.10 bits per heavy atom. The summed E-state index contributed by atoms with van der Waals surface area (Å²) in [5, 5.41) is 2.85. The highest BCUT2D eigenvalue weighted by Gasteiger charge is 2.21. The fraction of sp³-hybridized carbons (Fsp3) is 0.533. The molecule has 0 fully saturated rings. The highest BCUT2D eigenvalue weighted by molar-refractivity contribution is 7.89. The molecular formula is C15H24N2O3S. The van der Waals surface area contributed by atoms with Crippen LogP contribution < -0.4 is 5.32 Å². The van der Waals surface area contributed by atoms with Gasteiger partial charge in [-0.05, 0) is 37.6 Å². The minimum Gasteiger partial charge on any atom is -0.350 e. The van der Waals surface area contributed by atoms with Gasteiger partial charge in [-0.2, -0.15) is 4.31 Å². The summed E-state index contributed by atoms with van der Waals surface area (Å²) in [7, 11) is -3.47. The van der Waals surface area contributed by atoms with Crippen LogP contribution in [0.25, 0.3) is 0 Å². The van der Waals surface area contributed by atoms with Crippen LogP contribution in [0.5, 0.6) is 0 Å². The molecule has 0 aliphatic rings. The van der Waals surface area contributed by atoms with E-state index in [0.717, 1.165) is 6.42 Å². The number of benzene rings is 1. The standard InChI is InChI=1S/C15H24N2O3S/c1-5-12(4)16-15(18)13-8-10-14(11-9-13)21(19,20)17(6-2)7-3/h8-12H,5-7H2,1-4H3,(H,16,18)/t12-/m1/s1. The van der Waals surface area contributed by atoms with Crippen LogP contribution in [0.15, 0.2) is 29.2 Å². The van der Waals surface area contributed by atoms with Crippen molar-refractivity contribution in [3.63, 3.8) is 0 Å². The van der Waals surface area contributed by atoms with E-state index < -0.39 is 10.0 Å². The number of rotatable bonds is 7. The fourth-order valence-corrected chi connectivity index (χ4v) is 3.36. The van der Waals surface area contributed by atoms with Gasteiger partial charge < -0.3 is 5.32 Å². The molecule has 1 aromatic carbocycles. The van der Waals surface area contributed by atoms with Crippen LogP contribution >= 0.6 is 0 Å². The third-order valence-corrected chi connectivity index (χ3v) is 5.51. The largest absolute Gasteiger partial charge is 0.350 e. The molecule has 0 aromatic heterocycles. The molecule has 1 rings (SSSR count). The number of amides is 1. The molecule has 0 spiro atoms. The van der Waals surface area contributed by atoms with Gasteiger partial charge in [0.05, 0.1) is 4.90 Å². The van der Waals surface area contributed by atoms with Crippen molar-refractivity contribution in [1.29, 1.82) is 0 Å². The Morgan fingerprint density at radius 2 is 1.67 bits per heavy atom. The van der Waals surface area contributed by atoms with Crippen LogP contribution in [-0.2, 0) is 10.0 Å². The van der Waals surface area contributed by atoms with Gasteiger partial charge in [0, 0.05) is 24.7 Å². The first kappa shape index (κ1) is 17.7. The van der Waals surface area contributed by atoms with Gasteiger partial charge in [0.1, 0.15) is 0 Å². The third kappa shape index (κ3) is 4.28. The van der Waals surface area contributed by atoms with Gasteiger partial charge in [-0.3, -0.25) is 4.79 Å². The predicted molar refractivity (Wildman–Crippen MR) is 83.8 cm³/mol. The van der Waals surface area contributed by atoms with Gasteiger partial charge in [-0.25, -0.2) is 8.42 Å². The minimum absolute atomic E-state index is 0.0941. The van der Waals surface area contributed by atoms with Crippen molar-refractivity contribution < 1.29 is 13.2 Å². The summed E-state index contributed by atoms with van der Waals surface area (Å²) in [5.74, 6) is -0.184. The van der Waals surface area contributed by atoms with Gasteiger partial charge in [-0.15, -0.1) is 0 Å². The number of nitrogens with zero attached hydrogens (tertiary/aromatic N) is 1. The van der Waals surface area contributed by atoms with Crippen molar-refractivity contribution in [3.05, 3.63) is 29.8 Å². The van der Waals surface area contributed by atoms with Gasteiger partial charge in [-0.1, -0.05) is 20.8 Å². The molecule has 1 atom stereocenters. The Kier molecular flexibility index (Phi) is 6.36. The maximum atomic E-state index is 12.3. The van der Waals surface area contributed by atoms with E-state index in [-0.39, 0.29) is 16.8 Å². The molecule has 0 aliphatic heterocycles. The van der Waals surface area contributed by atoms with Gasteiger partial charge in [0.2, 0.25) is 10.0 Å². The molecule has 5 nitrogen and oxygen atoms in total. The predicted octanol–water partition coefficient (Wildman–Crippen LogP) is 2.25. The maximum Gasteiger partial charge on any atom is 0.251 e. The molecule has 1 N–H and O–H groups in total. The second-order valence-corrected chi connectivity index (χ2v) is 6.83. The Balaban J connectivity index is 2.95. The summed E-state index contributed by atoms with van der Waals surface area (Å²) in [6.07, 6.45) is 0.847. The van der Waals surface area contributed by atoms with Gasteiger partial charge >= 0.3 is 0 Å². The van der Waals surface area contributed by atoms with E-state index in [4.69, 9.17) is 0 Å². The SMILES string of the molecule is CC[C@@H](C)NC(=O)c1ccc(S(=O)(=O)N(CC)CC)cc1. The van der Waals surface area contributed by atoms with E-state index in [2.05, 4.69) is 5.32 Å². The lowest BCUT2D eigenvalue weighted by atomic mass is 10.2. The number of nitrogens with one attached hydrogen (secondary N) is 1. The molecule has 118 valence electrons. The molecular weight excluding hydrogens is 288 g/mol. The number of hydrogen-bond acceptors (Lipinski definition) is 3. The topological polar surface area (TPSA) is 66.5 Å². The third-order valence-electron chi connectivity index (χ3n) is 3.45. The van der Waals surface area contributed by atoms with E-state index in [1.54, 1.807) is 26.0 Å². The Morgan fingerprint density at radius 1 is 1.14 bits per heavy atom. The van der Waals surface area contributed by atoms with E-state index in [9.17, 15) is 13.2 Å². The first-order chi connectivity index (χ1) is 9.86. The molecule has 6 heteroatoms. The zero-order chi connectivity index (χ0) is 16.0. The second-order valence-electron chi connectivity index (χ2n) is 4.90. The summed E-state index contributed by atoms with van der Waals surface area (Å²) >= 11 is 0. The fourth-order valence-electron chi connectivity index (χ4n) is 1.90. The summed E-state index contributed by atoms with van der Waals surface area (Å²) < 4.78 is 26.0. The summed E-state index contributed by atoms with van der Waals surface area (Å²) in [6.45, 7) is 8.37. The molecule has 1 amide bonds. The molecule has 0 saturated carbocycles. The van der Waals surface area contributed by atoms with Crippen molar-refractivity contribution >= 4 is 15.9 Å². The van der Waals surface area contributed by atoms with Crippen molar-refractivity contribution in [3.8, 4) is 0 Å². The Labute approximate surface area is 127 Å². The molecule has 0 saturated heterocycles. The average molecular weight is 312 g/mol. The highest BCUT2D eigenvalue weighted by Crippen LogP contribution is 2.16. The van der Waals surface area contributed by atoms with E-state index in [0.29, 0.717) is 18.7 Å². The minimum atomic E-state index is -3.47. The molecule has 1 aromatic rings. The first-order valence-electron chi connectivity index (χ1n) is 7.27. The van der Waals surface area contributed by atoms with E-state index in [1.165, 1.54) is 16.4 Å². The number of sulfonamides is 1. The lowest BCUT2D eigenvalue weighted by Crippen LogP contribution is -2.32. The van der Waals surface area contributed by atoms with Crippen molar-refractivity contribution in [1.82, 2.24) is 9.62 Å². The molecule has 21 heavy (non-hydrogen) atoms. The molecule has 0 radical (unpaired) electrons. The quantitative estimate of drug-likeness (QED) is 0.839. The number of carbonyl (C=O) groups is 1. The number of carbonyl (C=O) groups excluding carboxylic acids is 1. The van der Waals surface area contributed by atoms with Crippen molar-refractivity contribution in [2.75, 3.05) is 13.1 Å². The molecule has 0 heterocycles. The monoisotopic (exact) mass is 312 g/mol. The zero-order valence-corrected chi connectivity index (χ0v) is 13.9. The average Bonchev–Trinajstić information content (AvgIpc) is 2.48. The second kappa shape index (κ2) is 7.56. The van der Waals surface area contributed by atoms with Crippen LogP contribution in [0, 0.1) is 0 Å². The smallest absolute Gasteiger partial charge is 0.251 e. The summed E-state index contributed by atoms with van der Waals surface area (Å²) in [6, 6.07) is 6.16. The number of hydrogen-bond donors (Lipinski definition) is 1. The lowest BCUT2D eigenvalue weighted by Gasteiger charge is -2.18. The molecule has 0 bridgehead atoms. The maximum absolute atomic E-state index is 12.3. The van der Waals surface area contributed by atoms with Crippen LogP contribution in [-0.4, -0.2) is 37.8 Å². The lowest BCUT2D eigenvalue weighted by molar-refractivity contribution is 0.0939. The molecule has 0 unspecified atom stereocenters. The zero-order valence-electron chi connectivity index (χ0n) is 13.1.